The Labute approximate surface area is 175 Å². The second-order valence-corrected chi connectivity index (χ2v) is 8.17. The number of carbonyl (C=O) groups is 2. The van der Waals surface area contributed by atoms with Gasteiger partial charge < -0.3 is 19.9 Å². The smallest absolute Gasteiger partial charge is 0.319 e. The minimum absolute atomic E-state index is 0.0175. The molecule has 0 spiro atoms. The van der Waals surface area contributed by atoms with Gasteiger partial charge in [0.05, 0.1) is 17.7 Å². The van der Waals surface area contributed by atoms with E-state index in [2.05, 4.69) is 20.4 Å². The molecular formula is C20H29N7O3. The van der Waals surface area contributed by atoms with Gasteiger partial charge in [-0.25, -0.2) is 4.79 Å². The molecule has 2 aromatic heterocycles. The summed E-state index contributed by atoms with van der Waals surface area (Å²) in [6.45, 7) is 3.19. The maximum atomic E-state index is 12.6. The molecular weight excluding hydrogens is 386 g/mol. The molecule has 30 heavy (non-hydrogen) atoms. The van der Waals surface area contributed by atoms with Crippen molar-refractivity contribution in [3.8, 4) is 0 Å². The molecule has 0 unspecified atom stereocenters. The molecule has 4 rings (SSSR count). The van der Waals surface area contributed by atoms with Crippen molar-refractivity contribution in [2.24, 2.45) is 0 Å². The monoisotopic (exact) mass is 415 g/mol. The molecule has 0 bridgehead atoms. The molecule has 2 aromatic rings. The van der Waals surface area contributed by atoms with Gasteiger partial charge in [-0.2, -0.15) is 0 Å². The third kappa shape index (κ3) is 4.10. The largest absolute Gasteiger partial charge is 0.376 e. The number of pyridine rings is 1. The molecule has 2 fully saturated rings. The van der Waals surface area contributed by atoms with Gasteiger partial charge in [-0.3, -0.25) is 14.1 Å². The Morgan fingerprint density at radius 3 is 2.83 bits per heavy atom. The molecule has 2 saturated heterocycles. The normalized spacial score (nSPS) is 22.4. The molecule has 0 aliphatic carbocycles. The number of rotatable bonds is 4. The summed E-state index contributed by atoms with van der Waals surface area (Å²) >= 11 is 0. The number of aromatic nitrogens is 3. The zero-order valence-electron chi connectivity index (χ0n) is 17.7. The second kappa shape index (κ2) is 8.57. The predicted molar refractivity (Wildman–Crippen MR) is 110 cm³/mol. The quantitative estimate of drug-likeness (QED) is 0.786. The average Bonchev–Trinajstić information content (AvgIpc) is 3.41. The summed E-state index contributed by atoms with van der Waals surface area (Å²) in [7, 11) is 5.52. The van der Waals surface area contributed by atoms with Crippen LogP contribution in [0.4, 0.5) is 4.79 Å². The molecule has 1 N–H and O–H groups in total. The van der Waals surface area contributed by atoms with Crippen LogP contribution in [0.25, 0.3) is 5.65 Å². The van der Waals surface area contributed by atoms with Crippen molar-refractivity contribution in [1.29, 1.82) is 0 Å². The zero-order chi connectivity index (χ0) is 21.3. The van der Waals surface area contributed by atoms with Crippen molar-refractivity contribution in [3.05, 3.63) is 29.7 Å². The lowest BCUT2D eigenvalue weighted by Gasteiger charge is -2.39. The summed E-state index contributed by atoms with van der Waals surface area (Å²) in [6, 6.07) is 3.42. The standard InChI is InChI=1S/C20H29N7O3/c1-24(2)20(29)26-9-8-25(3)16(13-26)18-23-22-17-7-6-14(12-27(17)18)19(28)21-11-15-5-4-10-30-15/h6-7,12,15-16H,4-5,8-11,13H2,1-3H3,(H,21,28)/t15-,16-/m1/s1. The SMILES string of the molecule is CN(C)C(=O)N1CCN(C)[C@@H](c2nnc3ccc(C(=O)NC[C@H]4CCCO4)cn23)C1. The van der Waals surface area contributed by atoms with Gasteiger partial charge in [0.15, 0.2) is 11.5 Å². The number of ether oxygens (including phenoxy) is 1. The number of fused-ring (bicyclic) bond motifs is 1. The molecule has 2 aliphatic heterocycles. The van der Waals surface area contributed by atoms with E-state index in [9.17, 15) is 9.59 Å². The number of carbonyl (C=O) groups excluding carboxylic acids is 2. The predicted octanol–water partition coefficient (Wildman–Crippen LogP) is 0.608. The summed E-state index contributed by atoms with van der Waals surface area (Å²) in [5.74, 6) is 0.575. The molecule has 162 valence electrons. The highest BCUT2D eigenvalue weighted by Crippen LogP contribution is 2.24. The number of piperazine rings is 1. The van der Waals surface area contributed by atoms with Gasteiger partial charge in [-0.1, -0.05) is 0 Å². The zero-order valence-corrected chi connectivity index (χ0v) is 17.7. The van der Waals surface area contributed by atoms with Crippen LogP contribution >= 0.6 is 0 Å². The van der Waals surface area contributed by atoms with Gasteiger partial charge in [-0.15, -0.1) is 10.2 Å². The highest BCUT2D eigenvalue weighted by molar-refractivity contribution is 5.94. The number of nitrogens with zero attached hydrogens (tertiary/aromatic N) is 6. The Kier molecular flexibility index (Phi) is 5.87. The van der Waals surface area contributed by atoms with Gasteiger partial charge in [0.25, 0.3) is 5.91 Å². The summed E-state index contributed by atoms with van der Waals surface area (Å²) in [5.41, 5.74) is 1.21. The topological polar surface area (TPSA) is 95.3 Å². The Hall–Kier alpha value is -2.72. The van der Waals surface area contributed by atoms with Crippen molar-refractivity contribution >= 4 is 17.6 Å². The number of amides is 3. The van der Waals surface area contributed by atoms with Crippen molar-refractivity contribution in [3.63, 3.8) is 0 Å². The Morgan fingerprint density at radius 1 is 1.27 bits per heavy atom. The number of hydrogen-bond donors (Lipinski definition) is 1. The first-order chi connectivity index (χ1) is 14.4. The third-order valence-corrected chi connectivity index (χ3v) is 5.80. The fraction of sp³-hybridized carbons (Fsp3) is 0.600. The van der Waals surface area contributed by atoms with Crippen LogP contribution in [0.3, 0.4) is 0 Å². The molecule has 3 amide bonds. The van der Waals surface area contributed by atoms with Crippen LogP contribution in [-0.2, 0) is 4.74 Å². The van der Waals surface area contributed by atoms with Crippen molar-refractivity contribution < 1.29 is 14.3 Å². The van der Waals surface area contributed by atoms with Gasteiger partial charge in [0.2, 0.25) is 0 Å². The van der Waals surface area contributed by atoms with E-state index in [0.29, 0.717) is 30.8 Å². The van der Waals surface area contributed by atoms with Crippen molar-refractivity contribution in [2.45, 2.75) is 25.0 Å². The van der Waals surface area contributed by atoms with Crippen LogP contribution in [0.5, 0.6) is 0 Å². The fourth-order valence-electron chi connectivity index (χ4n) is 3.99. The molecule has 2 atom stereocenters. The summed E-state index contributed by atoms with van der Waals surface area (Å²) in [4.78, 5) is 30.7. The molecule has 4 heterocycles. The lowest BCUT2D eigenvalue weighted by molar-refractivity contribution is 0.0857. The van der Waals surface area contributed by atoms with Gasteiger partial charge >= 0.3 is 6.03 Å². The van der Waals surface area contributed by atoms with Gasteiger partial charge in [0, 0.05) is 53.1 Å². The molecule has 10 heteroatoms. The Bertz CT molecular complexity index is 922. The average molecular weight is 415 g/mol. The van der Waals surface area contributed by atoms with Crippen LogP contribution in [0.2, 0.25) is 0 Å². The van der Waals surface area contributed by atoms with E-state index in [1.807, 2.05) is 16.3 Å². The van der Waals surface area contributed by atoms with E-state index in [1.165, 1.54) is 0 Å². The van der Waals surface area contributed by atoms with E-state index in [1.54, 1.807) is 37.3 Å². The number of likely N-dealkylation sites (N-methyl/N-ethyl adjacent to an activating group) is 1. The molecule has 0 saturated carbocycles. The summed E-state index contributed by atoms with van der Waals surface area (Å²) in [5, 5.41) is 11.6. The van der Waals surface area contributed by atoms with Gasteiger partial charge in [-0.05, 0) is 32.0 Å². The Balaban J connectivity index is 1.54. The first-order valence-electron chi connectivity index (χ1n) is 10.3. The minimum Gasteiger partial charge on any atom is -0.376 e. The molecule has 10 nitrogen and oxygen atoms in total. The van der Waals surface area contributed by atoms with E-state index < -0.39 is 0 Å². The Morgan fingerprint density at radius 2 is 2.10 bits per heavy atom. The van der Waals surface area contributed by atoms with Gasteiger partial charge in [0.1, 0.15) is 0 Å². The van der Waals surface area contributed by atoms with E-state index in [4.69, 9.17) is 4.74 Å². The highest BCUT2D eigenvalue weighted by atomic mass is 16.5. The van der Waals surface area contributed by atoms with Crippen molar-refractivity contribution in [1.82, 2.24) is 34.6 Å². The lowest BCUT2D eigenvalue weighted by Crippen LogP contribution is -2.52. The molecule has 0 radical (unpaired) electrons. The lowest BCUT2D eigenvalue weighted by atomic mass is 10.1. The second-order valence-electron chi connectivity index (χ2n) is 8.17. The number of nitrogens with one attached hydrogen (secondary N) is 1. The first kappa shape index (κ1) is 20.5. The van der Waals surface area contributed by atoms with Crippen LogP contribution in [0.15, 0.2) is 18.3 Å². The third-order valence-electron chi connectivity index (χ3n) is 5.80. The van der Waals surface area contributed by atoms with E-state index in [-0.39, 0.29) is 24.1 Å². The summed E-state index contributed by atoms with van der Waals surface area (Å²) < 4.78 is 7.43. The van der Waals surface area contributed by atoms with Crippen LogP contribution in [-0.4, -0.2) is 101 Å². The van der Waals surface area contributed by atoms with Crippen LogP contribution in [0, 0.1) is 0 Å². The molecule has 0 aromatic carbocycles. The maximum Gasteiger partial charge on any atom is 0.319 e. The van der Waals surface area contributed by atoms with Crippen LogP contribution < -0.4 is 5.32 Å². The number of hydrogen-bond acceptors (Lipinski definition) is 6. The van der Waals surface area contributed by atoms with E-state index >= 15 is 0 Å². The highest BCUT2D eigenvalue weighted by Gasteiger charge is 2.32. The van der Waals surface area contributed by atoms with Crippen LogP contribution in [0.1, 0.15) is 35.1 Å². The van der Waals surface area contributed by atoms with Crippen molar-refractivity contribution in [2.75, 3.05) is 53.9 Å². The maximum absolute atomic E-state index is 12.6. The summed E-state index contributed by atoms with van der Waals surface area (Å²) in [6.07, 6.45) is 3.89. The van der Waals surface area contributed by atoms with E-state index in [0.717, 1.165) is 31.8 Å². The first-order valence-corrected chi connectivity index (χ1v) is 10.3. The fourth-order valence-corrected chi connectivity index (χ4v) is 3.99. The minimum atomic E-state index is -0.145. The molecule has 2 aliphatic rings. The number of urea groups is 1.